The summed E-state index contributed by atoms with van der Waals surface area (Å²) in [5.41, 5.74) is 1.35. The molecule has 0 aliphatic heterocycles. The Balaban J connectivity index is 1.77. The Morgan fingerprint density at radius 1 is 1.08 bits per heavy atom. The van der Waals surface area contributed by atoms with E-state index in [2.05, 4.69) is 9.82 Å². The van der Waals surface area contributed by atoms with Crippen molar-refractivity contribution in [2.45, 2.75) is 11.4 Å². The largest absolute Gasteiger partial charge is 0.266 e. The maximum atomic E-state index is 12.4. The van der Waals surface area contributed by atoms with Crippen molar-refractivity contribution in [1.82, 2.24) is 9.78 Å². The van der Waals surface area contributed by atoms with E-state index >= 15 is 0 Å². The lowest BCUT2D eigenvalue weighted by Crippen LogP contribution is -2.14. The van der Waals surface area contributed by atoms with E-state index in [0.717, 1.165) is 5.56 Å². The van der Waals surface area contributed by atoms with E-state index in [1.807, 2.05) is 36.4 Å². The lowest BCUT2D eigenvalue weighted by molar-refractivity contribution is 0.600. The summed E-state index contributed by atoms with van der Waals surface area (Å²) in [5.74, 6) is 0.230. The lowest BCUT2D eigenvalue weighted by atomic mass is 10.2. The maximum Gasteiger partial charge on any atom is 0.263 e. The van der Waals surface area contributed by atoms with Crippen LogP contribution in [0.25, 0.3) is 0 Å². The van der Waals surface area contributed by atoms with Crippen molar-refractivity contribution in [2.75, 3.05) is 4.72 Å². The van der Waals surface area contributed by atoms with E-state index in [9.17, 15) is 8.42 Å². The SMILES string of the molecule is N#Cc1cccc(S(=O)(=O)Nc2ccn(Cc3ccccc3)n2)c1. The van der Waals surface area contributed by atoms with Gasteiger partial charge in [0, 0.05) is 12.3 Å². The van der Waals surface area contributed by atoms with Crippen LogP contribution in [0.3, 0.4) is 0 Å². The van der Waals surface area contributed by atoms with Crippen molar-refractivity contribution < 1.29 is 8.42 Å². The molecule has 0 atom stereocenters. The summed E-state index contributed by atoms with van der Waals surface area (Å²) in [6.07, 6.45) is 1.70. The number of hydrogen-bond donors (Lipinski definition) is 1. The lowest BCUT2D eigenvalue weighted by Gasteiger charge is -2.06. The first-order chi connectivity index (χ1) is 11.6. The first kappa shape index (κ1) is 15.8. The highest BCUT2D eigenvalue weighted by Gasteiger charge is 2.16. The summed E-state index contributed by atoms with van der Waals surface area (Å²) in [6.45, 7) is 0.548. The number of benzene rings is 2. The van der Waals surface area contributed by atoms with Gasteiger partial charge >= 0.3 is 0 Å². The fourth-order valence-corrected chi connectivity index (χ4v) is 3.25. The molecule has 0 unspecified atom stereocenters. The Morgan fingerprint density at radius 2 is 1.88 bits per heavy atom. The quantitative estimate of drug-likeness (QED) is 0.774. The predicted molar refractivity (Wildman–Crippen MR) is 89.7 cm³/mol. The van der Waals surface area contributed by atoms with Crippen LogP contribution in [0.1, 0.15) is 11.1 Å². The first-order valence-corrected chi connectivity index (χ1v) is 8.65. The minimum atomic E-state index is -3.78. The molecule has 1 N–H and O–H groups in total. The normalized spacial score (nSPS) is 11.0. The van der Waals surface area contributed by atoms with Gasteiger partial charge in [0.05, 0.1) is 23.1 Å². The van der Waals surface area contributed by atoms with Crippen molar-refractivity contribution in [2.24, 2.45) is 0 Å². The van der Waals surface area contributed by atoms with Crippen molar-refractivity contribution in [3.05, 3.63) is 78.0 Å². The van der Waals surface area contributed by atoms with Gasteiger partial charge in [0.2, 0.25) is 0 Å². The van der Waals surface area contributed by atoms with Gasteiger partial charge in [0.15, 0.2) is 5.82 Å². The first-order valence-electron chi connectivity index (χ1n) is 7.17. The van der Waals surface area contributed by atoms with Crippen LogP contribution >= 0.6 is 0 Å². The molecule has 24 heavy (non-hydrogen) atoms. The molecular weight excluding hydrogens is 324 g/mol. The molecule has 6 nitrogen and oxygen atoms in total. The highest BCUT2D eigenvalue weighted by Crippen LogP contribution is 2.16. The van der Waals surface area contributed by atoms with Crippen molar-refractivity contribution >= 4 is 15.8 Å². The molecule has 1 aromatic heterocycles. The molecule has 0 radical (unpaired) electrons. The van der Waals surface area contributed by atoms with Crippen LogP contribution < -0.4 is 4.72 Å². The van der Waals surface area contributed by atoms with Crippen LogP contribution in [0.5, 0.6) is 0 Å². The second-order valence-corrected chi connectivity index (χ2v) is 6.81. The molecule has 0 saturated carbocycles. The summed E-state index contributed by atoms with van der Waals surface area (Å²) >= 11 is 0. The molecule has 1 heterocycles. The molecule has 3 aromatic rings. The molecule has 0 aliphatic rings. The van der Waals surface area contributed by atoms with Gasteiger partial charge in [-0.15, -0.1) is 0 Å². The monoisotopic (exact) mass is 338 g/mol. The van der Waals surface area contributed by atoms with Crippen LogP contribution in [0, 0.1) is 11.3 Å². The zero-order chi connectivity index (χ0) is 17.0. The molecule has 7 heteroatoms. The van der Waals surface area contributed by atoms with Crippen LogP contribution in [0.2, 0.25) is 0 Å². The van der Waals surface area contributed by atoms with Crippen LogP contribution in [0.15, 0.2) is 71.8 Å². The summed E-state index contributed by atoms with van der Waals surface area (Å²) in [4.78, 5) is 0.0270. The van der Waals surface area contributed by atoms with E-state index in [-0.39, 0.29) is 16.3 Å². The Morgan fingerprint density at radius 3 is 2.62 bits per heavy atom. The Bertz CT molecular complexity index is 989. The topological polar surface area (TPSA) is 87.8 Å². The second-order valence-electron chi connectivity index (χ2n) is 5.13. The predicted octanol–water partition coefficient (Wildman–Crippen LogP) is 2.60. The average Bonchev–Trinajstić information content (AvgIpc) is 3.02. The summed E-state index contributed by atoms with van der Waals surface area (Å²) in [5, 5.41) is 13.1. The third-order valence-corrected chi connectivity index (χ3v) is 4.69. The van der Waals surface area contributed by atoms with Gasteiger partial charge in [-0.1, -0.05) is 36.4 Å². The molecule has 2 aromatic carbocycles. The fraction of sp³-hybridized carbons (Fsp3) is 0.0588. The number of sulfonamides is 1. The van der Waals surface area contributed by atoms with Crippen molar-refractivity contribution in [3.63, 3.8) is 0 Å². The van der Waals surface area contributed by atoms with Gasteiger partial charge in [0.1, 0.15) is 0 Å². The van der Waals surface area contributed by atoms with Gasteiger partial charge in [-0.05, 0) is 23.8 Å². The number of rotatable bonds is 5. The maximum absolute atomic E-state index is 12.4. The zero-order valence-electron chi connectivity index (χ0n) is 12.6. The fourth-order valence-electron chi connectivity index (χ4n) is 2.20. The van der Waals surface area contributed by atoms with E-state index < -0.39 is 10.0 Å². The van der Waals surface area contributed by atoms with E-state index in [1.165, 1.54) is 18.2 Å². The third kappa shape index (κ3) is 3.62. The number of nitriles is 1. The number of nitrogens with zero attached hydrogens (tertiary/aromatic N) is 3. The molecule has 0 bridgehead atoms. The minimum absolute atomic E-state index is 0.0270. The average molecular weight is 338 g/mol. The van der Waals surface area contributed by atoms with Gasteiger partial charge < -0.3 is 0 Å². The number of anilines is 1. The zero-order valence-corrected chi connectivity index (χ0v) is 13.4. The van der Waals surface area contributed by atoms with E-state index in [4.69, 9.17) is 5.26 Å². The number of hydrogen-bond acceptors (Lipinski definition) is 4. The molecule has 0 spiro atoms. The number of nitrogens with one attached hydrogen (secondary N) is 1. The van der Waals surface area contributed by atoms with Gasteiger partial charge in [0.25, 0.3) is 10.0 Å². The molecule has 0 saturated heterocycles. The molecular formula is C17H14N4O2S. The van der Waals surface area contributed by atoms with Gasteiger partial charge in [-0.2, -0.15) is 10.4 Å². The van der Waals surface area contributed by atoms with Crippen molar-refractivity contribution in [1.29, 1.82) is 5.26 Å². The molecule has 120 valence electrons. The highest BCUT2D eigenvalue weighted by molar-refractivity contribution is 7.92. The molecule has 0 amide bonds. The van der Waals surface area contributed by atoms with E-state index in [1.54, 1.807) is 23.0 Å². The molecule has 0 aliphatic carbocycles. The Kier molecular flexibility index (Phi) is 4.31. The summed E-state index contributed by atoms with van der Waals surface area (Å²) in [7, 11) is -3.78. The van der Waals surface area contributed by atoms with Crippen molar-refractivity contribution in [3.8, 4) is 6.07 Å². The Hall–Kier alpha value is -3.11. The van der Waals surface area contributed by atoms with Crippen LogP contribution in [0.4, 0.5) is 5.82 Å². The van der Waals surface area contributed by atoms with Crippen LogP contribution in [-0.4, -0.2) is 18.2 Å². The summed E-state index contributed by atoms with van der Waals surface area (Å²) < 4.78 is 28.8. The Labute approximate surface area is 140 Å². The van der Waals surface area contributed by atoms with Crippen LogP contribution in [-0.2, 0) is 16.6 Å². The second kappa shape index (κ2) is 6.56. The standard InChI is InChI=1S/C17H14N4O2S/c18-12-15-7-4-8-16(11-15)24(22,23)20-17-9-10-21(19-17)13-14-5-2-1-3-6-14/h1-11H,13H2,(H,19,20). The molecule has 0 fully saturated rings. The summed E-state index contributed by atoms with van der Waals surface area (Å²) in [6, 6.07) is 19.1. The number of aromatic nitrogens is 2. The highest BCUT2D eigenvalue weighted by atomic mass is 32.2. The third-order valence-electron chi connectivity index (χ3n) is 3.34. The molecule has 3 rings (SSSR count). The van der Waals surface area contributed by atoms with Gasteiger partial charge in [-0.25, -0.2) is 8.42 Å². The minimum Gasteiger partial charge on any atom is -0.266 e. The van der Waals surface area contributed by atoms with E-state index in [0.29, 0.717) is 6.54 Å². The van der Waals surface area contributed by atoms with Gasteiger partial charge in [-0.3, -0.25) is 9.40 Å². The smallest absolute Gasteiger partial charge is 0.263 e.